The monoisotopic (exact) mass is 238 g/mol. The maximum Gasteiger partial charge on any atom is 0.270 e. The molecule has 0 amide bonds. The maximum atomic E-state index is 11.2. The van der Waals surface area contributed by atoms with E-state index in [0.717, 1.165) is 0 Å². The van der Waals surface area contributed by atoms with Gasteiger partial charge in [-0.3, -0.25) is 4.55 Å². The molecule has 0 radical (unpaired) electrons. The second kappa shape index (κ2) is 3.71. The Bertz CT molecular complexity index is 323. The van der Waals surface area contributed by atoms with Gasteiger partial charge in [-0.25, -0.2) is 0 Å². The largest absolute Gasteiger partial charge is 0.326 e. The van der Waals surface area contributed by atoms with E-state index in [-0.39, 0.29) is 5.54 Å². The van der Waals surface area contributed by atoms with Crippen LogP contribution in [0, 0.1) is 0 Å². The molecular formula is C10H24NO3S+. The SMILES string of the molecule is CC(C)(CC(C)(C)S(=O)(=O)O)[N+](C)(C)C. The fraction of sp³-hybridized carbons (Fsp3) is 1.00. The van der Waals surface area contributed by atoms with E-state index in [4.69, 9.17) is 4.55 Å². The van der Waals surface area contributed by atoms with Gasteiger partial charge in [0, 0.05) is 6.42 Å². The van der Waals surface area contributed by atoms with E-state index >= 15 is 0 Å². The molecule has 92 valence electrons. The summed E-state index contributed by atoms with van der Waals surface area (Å²) in [6, 6.07) is 0. The Morgan fingerprint density at radius 1 is 1.07 bits per heavy atom. The van der Waals surface area contributed by atoms with Crippen LogP contribution >= 0.6 is 0 Å². The summed E-state index contributed by atoms with van der Waals surface area (Å²) in [5.41, 5.74) is -0.223. The molecule has 1 N–H and O–H groups in total. The van der Waals surface area contributed by atoms with Crippen molar-refractivity contribution >= 4 is 10.1 Å². The van der Waals surface area contributed by atoms with Crippen LogP contribution in [-0.2, 0) is 10.1 Å². The lowest BCUT2D eigenvalue weighted by Crippen LogP contribution is -2.56. The lowest BCUT2D eigenvalue weighted by atomic mass is 9.89. The van der Waals surface area contributed by atoms with Gasteiger partial charge in [0.1, 0.15) is 0 Å². The molecular weight excluding hydrogens is 214 g/mol. The lowest BCUT2D eigenvalue weighted by Gasteiger charge is -2.44. The first-order valence-electron chi connectivity index (χ1n) is 4.99. The summed E-state index contributed by atoms with van der Waals surface area (Å²) in [6.45, 7) is 7.11. The summed E-state index contributed by atoms with van der Waals surface area (Å²) in [5, 5.41) is 0. The Hall–Kier alpha value is -0.130. The minimum absolute atomic E-state index is 0.223. The van der Waals surface area contributed by atoms with Crippen LogP contribution in [-0.4, -0.2) is 48.9 Å². The van der Waals surface area contributed by atoms with E-state index in [9.17, 15) is 8.42 Å². The Balaban J connectivity index is 5.07. The topological polar surface area (TPSA) is 54.4 Å². The average Bonchev–Trinajstić information content (AvgIpc) is 1.77. The van der Waals surface area contributed by atoms with Crippen molar-refractivity contribution in [1.82, 2.24) is 0 Å². The lowest BCUT2D eigenvalue weighted by molar-refractivity contribution is -0.920. The predicted octanol–water partition coefficient (Wildman–Crippen LogP) is 1.53. The number of rotatable bonds is 4. The van der Waals surface area contributed by atoms with Gasteiger partial charge >= 0.3 is 0 Å². The number of hydrogen-bond donors (Lipinski definition) is 1. The minimum Gasteiger partial charge on any atom is -0.326 e. The second-order valence-electron chi connectivity index (χ2n) is 6.24. The quantitative estimate of drug-likeness (QED) is 0.597. The van der Waals surface area contributed by atoms with Crippen molar-refractivity contribution in [2.24, 2.45) is 0 Å². The molecule has 0 spiro atoms. The van der Waals surface area contributed by atoms with Crippen LogP contribution in [0.4, 0.5) is 0 Å². The maximum absolute atomic E-state index is 11.2. The van der Waals surface area contributed by atoms with Gasteiger partial charge < -0.3 is 4.48 Å². The van der Waals surface area contributed by atoms with Gasteiger partial charge in [-0.15, -0.1) is 0 Å². The summed E-state index contributed by atoms with van der Waals surface area (Å²) in [7, 11) is 2.04. The molecule has 0 atom stereocenters. The first-order chi connectivity index (χ1) is 6.21. The summed E-state index contributed by atoms with van der Waals surface area (Å²) >= 11 is 0. The Labute approximate surface area is 93.6 Å². The van der Waals surface area contributed by atoms with Gasteiger partial charge in [0.15, 0.2) is 0 Å². The summed E-state index contributed by atoms with van der Waals surface area (Å²) in [4.78, 5) is 0. The van der Waals surface area contributed by atoms with Crippen molar-refractivity contribution in [2.45, 2.75) is 44.4 Å². The van der Waals surface area contributed by atoms with Crippen LogP contribution in [0.5, 0.6) is 0 Å². The fourth-order valence-corrected chi connectivity index (χ4v) is 1.91. The van der Waals surface area contributed by atoms with Crippen LogP contribution in [0.15, 0.2) is 0 Å². The first kappa shape index (κ1) is 14.9. The minimum atomic E-state index is -4.01. The third-order valence-electron chi connectivity index (χ3n) is 3.37. The normalized spacial score (nSPS) is 15.5. The zero-order valence-electron chi connectivity index (χ0n) is 10.8. The highest BCUT2D eigenvalue weighted by molar-refractivity contribution is 7.87. The zero-order chi connectivity index (χ0) is 12.7. The van der Waals surface area contributed by atoms with E-state index in [1.54, 1.807) is 13.8 Å². The van der Waals surface area contributed by atoms with Crippen molar-refractivity contribution in [3.63, 3.8) is 0 Å². The van der Waals surface area contributed by atoms with E-state index < -0.39 is 14.9 Å². The van der Waals surface area contributed by atoms with Gasteiger partial charge in [0.25, 0.3) is 10.1 Å². The van der Waals surface area contributed by atoms with Crippen LogP contribution in [0.25, 0.3) is 0 Å². The standard InChI is InChI=1S/C10H23NO3S/c1-9(2,11(5,6)7)8-10(3,4)15(12,13)14/h8H2,1-7H3/p+1. The van der Waals surface area contributed by atoms with Crippen LogP contribution in [0.2, 0.25) is 0 Å². The average molecular weight is 238 g/mol. The molecule has 0 aromatic rings. The van der Waals surface area contributed by atoms with Gasteiger partial charge in [-0.1, -0.05) is 0 Å². The molecule has 0 heterocycles. The molecule has 0 aliphatic heterocycles. The summed E-state index contributed by atoms with van der Waals surface area (Å²) in [6.07, 6.45) is 0.405. The molecule has 0 aliphatic rings. The molecule has 0 aliphatic carbocycles. The number of quaternary nitrogens is 1. The van der Waals surface area contributed by atoms with Gasteiger partial charge in [-0.05, 0) is 27.7 Å². The summed E-state index contributed by atoms with van der Waals surface area (Å²) < 4.78 is 31.1. The number of nitrogens with zero attached hydrogens (tertiary/aromatic N) is 1. The molecule has 0 saturated heterocycles. The van der Waals surface area contributed by atoms with Gasteiger partial charge in [0.05, 0.1) is 31.4 Å². The molecule has 0 fully saturated rings. The van der Waals surface area contributed by atoms with Gasteiger partial charge in [0.2, 0.25) is 0 Å². The van der Waals surface area contributed by atoms with Crippen molar-refractivity contribution in [3.05, 3.63) is 0 Å². The fourth-order valence-electron chi connectivity index (χ4n) is 1.37. The Morgan fingerprint density at radius 3 is 1.60 bits per heavy atom. The van der Waals surface area contributed by atoms with Crippen LogP contribution in [0.3, 0.4) is 0 Å². The van der Waals surface area contributed by atoms with Crippen LogP contribution in [0.1, 0.15) is 34.1 Å². The molecule has 0 bridgehead atoms. The third-order valence-corrected chi connectivity index (χ3v) is 4.91. The molecule has 0 aromatic heterocycles. The highest BCUT2D eigenvalue weighted by Crippen LogP contribution is 2.32. The predicted molar refractivity (Wildman–Crippen MR) is 62.4 cm³/mol. The highest BCUT2D eigenvalue weighted by Gasteiger charge is 2.44. The van der Waals surface area contributed by atoms with Crippen molar-refractivity contribution < 1.29 is 17.5 Å². The molecule has 0 aromatic carbocycles. The molecule has 4 nitrogen and oxygen atoms in total. The zero-order valence-corrected chi connectivity index (χ0v) is 11.6. The second-order valence-corrected chi connectivity index (χ2v) is 8.29. The van der Waals surface area contributed by atoms with E-state index in [1.807, 2.05) is 35.0 Å². The molecule has 0 saturated carbocycles. The summed E-state index contributed by atoms with van der Waals surface area (Å²) in [5.74, 6) is 0. The van der Waals surface area contributed by atoms with Crippen LogP contribution < -0.4 is 0 Å². The third kappa shape index (κ3) is 3.43. The molecule has 15 heavy (non-hydrogen) atoms. The Morgan fingerprint density at radius 2 is 1.40 bits per heavy atom. The molecule has 0 rings (SSSR count). The number of hydrogen-bond acceptors (Lipinski definition) is 2. The first-order valence-corrected chi connectivity index (χ1v) is 6.43. The van der Waals surface area contributed by atoms with E-state index in [0.29, 0.717) is 10.9 Å². The van der Waals surface area contributed by atoms with E-state index in [1.165, 1.54) is 0 Å². The van der Waals surface area contributed by atoms with Crippen molar-refractivity contribution in [2.75, 3.05) is 21.1 Å². The van der Waals surface area contributed by atoms with Crippen molar-refractivity contribution in [3.8, 4) is 0 Å². The highest BCUT2D eigenvalue weighted by atomic mass is 32.2. The Kier molecular flexibility index (Phi) is 3.68. The smallest absolute Gasteiger partial charge is 0.270 e. The van der Waals surface area contributed by atoms with Crippen molar-refractivity contribution in [1.29, 1.82) is 0 Å². The molecule has 5 heteroatoms. The van der Waals surface area contributed by atoms with Gasteiger partial charge in [-0.2, -0.15) is 8.42 Å². The van der Waals surface area contributed by atoms with E-state index in [2.05, 4.69) is 0 Å². The molecule has 0 unspecified atom stereocenters.